The fourth-order valence-electron chi connectivity index (χ4n) is 3.94. The number of amides is 2. The number of hydrogen-bond donors (Lipinski definition) is 2. The number of carbonyl (C=O) groups excluding carboxylic acids is 1. The molecule has 1 saturated carbocycles. The Balaban J connectivity index is 1.09. The van der Waals surface area contributed by atoms with E-state index in [0.717, 1.165) is 28.2 Å². The highest BCUT2D eigenvalue weighted by molar-refractivity contribution is 8.00. The fourth-order valence-corrected chi connectivity index (χ4v) is 5.66. The van der Waals surface area contributed by atoms with E-state index in [9.17, 15) is 4.79 Å². The van der Waals surface area contributed by atoms with Gasteiger partial charge in [0.2, 0.25) is 12.7 Å². The Morgan fingerprint density at radius 2 is 1.97 bits per heavy atom. The fraction of sp³-hybridized carbons (Fsp3) is 0.409. The molecule has 0 unspecified atom stereocenters. The summed E-state index contributed by atoms with van der Waals surface area (Å²) < 4.78 is 17.5. The number of nitrogens with one attached hydrogen (secondary N) is 2. The summed E-state index contributed by atoms with van der Waals surface area (Å²) >= 11 is 3.01. The number of urea groups is 1. The van der Waals surface area contributed by atoms with E-state index in [0.29, 0.717) is 28.1 Å². The summed E-state index contributed by atoms with van der Waals surface area (Å²) in [6, 6.07) is 4.88. The SMILES string of the molecule is O=C(Nc1ccc2c(c1)OCO2)Nc1ncc(SCc2ncc(CC3CCCCC3)o2)s1. The number of thiazole rings is 1. The first-order chi connectivity index (χ1) is 15.7. The predicted octanol–water partition coefficient (Wildman–Crippen LogP) is 5.92. The van der Waals surface area contributed by atoms with Crippen LogP contribution in [0.1, 0.15) is 43.8 Å². The van der Waals surface area contributed by atoms with Crippen molar-refractivity contribution in [3.8, 4) is 11.5 Å². The van der Waals surface area contributed by atoms with Gasteiger partial charge in [-0.3, -0.25) is 5.32 Å². The molecule has 2 amide bonds. The summed E-state index contributed by atoms with van der Waals surface area (Å²) in [5.74, 6) is 4.36. The van der Waals surface area contributed by atoms with Crippen LogP contribution in [0.5, 0.6) is 11.5 Å². The van der Waals surface area contributed by atoms with E-state index in [1.165, 1.54) is 43.4 Å². The van der Waals surface area contributed by atoms with E-state index in [2.05, 4.69) is 20.6 Å². The standard InChI is InChI=1S/C22H24N4O4S2/c27-21(25-15-6-7-17-18(9-15)29-13-28-17)26-22-24-11-20(32-22)31-12-19-23-10-16(30-19)8-14-4-2-1-3-5-14/h6-7,9-11,14H,1-5,8,12-13H2,(H2,24,25,26,27). The molecule has 8 nitrogen and oxygen atoms in total. The molecule has 0 bridgehead atoms. The van der Waals surface area contributed by atoms with Crippen molar-refractivity contribution in [1.29, 1.82) is 0 Å². The lowest BCUT2D eigenvalue weighted by atomic mass is 9.86. The maximum atomic E-state index is 12.3. The number of ether oxygens (including phenoxy) is 2. The van der Waals surface area contributed by atoms with Gasteiger partial charge < -0.3 is 19.2 Å². The number of benzene rings is 1. The molecule has 3 aromatic rings. The van der Waals surface area contributed by atoms with Crippen LogP contribution in [0.3, 0.4) is 0 Å². The summed E-state index contributed by atoms with van der Waals surface area (Å²) in [6.45, 7) is 0.194. The van der Waals surface area contributed by atoms with Crippen LogP contribution in [0.15, 0.2) is 39.2 Å². The molecular weight excluding hydrogens is 448 g/mol. The molecule has 2 aromatic heterocycles. The number of nitrogens with zero attached hydrogens (tertiary/aromatic N) is 2. The number of anilines is 2. The molecule has 3 heterocycles. The van der Waals surface area contributed by atoms with Crippen LogP contribution in [0.2, 0.25) is 0 Å². The van der Waals surface area contributed by atoms with Gasteiger partial charge in [0, 0.05) is 18.2 Å². The van der Waals surface area contributed by atoms with Crippen LogP contribution in [0.4, 0.5) is 15.6 Å². The average Bonchev–Trinajstić information content (AvgIpc) is 3.54. The molecule has 0 radical (unpaired) electrons. The molecule has 1 aromatic carbocycles. The minimum Gasteiger partial charge on any atom is -0.454 e. The second-order valence-electron chi connectivity index (χ2n) is 7.85. The van der Waals surface area contributed by atoms with E-state index in [-0.39, 0.29) is 12.8 Å². The second-order valence-corrected chi connectivity index (χ2v) is 10.2. The van der Waals surface area contributed by atoms with Gasteiger partial charge >= 0.3 is 6.03 Å². The Labute approximate surface area is 194 Å². The number of thioether (sulfide) groups is 1. The highest BCUT2D eigenvalue weighted by atomic mass is 32.2. The van der Waals surface area contributed by atoms with E-state index in [1.54, 1.807) is 36.2 Å². The van der Waals surface area contributed by atoms with Crippen molar-refractivity contribution >= 4 is 39.9 Å². The third kappa shape index (κ3) is 5.36. The van der Waals surface area contributed by atoms with Crippen molar-refractivity contribution in [2.45, 2.75) is 48.5 Å². The van der Waals surface area contributed by atoms with Crippen molar-refractivity contribution in [3.63, 3.8) is 0 Å². The summed E-state index contributed by atoms with van der Waals surface area (Å²) in [5.41, 5.74) is 0.617. The zero-order valence-electron chi connectivity index (χ0n) is 17.5. The molecule has 0 atom stereocenters. The number of carbonyl (C=O) groups is 1. The van der Waals surface area contributed by atoms with Gasteiger partial charge in [0.15, 0.2) is 16.6 Å². The van der Waals surface area contributed by atoms with Crippen LogP contribution in [-0.2, 0) is 12.2 Å². The highest BCUT2D eigenvalue weighted by Gasteiger charge is 2.17. The topological polar surface area (TPSA) is 98.5 Å². The van der Waals surface area contributed by atoms with Crippen LogP contribution in [-0.4, -0.2) is 22.8 Å². The number of rotatable bonds is 7. The molecule has 10 heteroatoms. The number of hydrogen-bond acceptors (Lipinski definition) is 8. The number of fused-ring (bicyclic) bond motifs is 1. The predicted molar refractivity (Wildman–Crippen MR) is 124 cm³/mol. The van der Waals surface area contributed by atoms with Gasteiger partial charge in [-0.1, -0.05) is 43.4 Å². The van der Waals surface area contributed by atoms with Gasteiger partial charge in [-0.2, -0.15) is 0 Å². The zero-order valence-corrected chi connectivity index (χ0v) is 19.1. The van der Waals surface area contributed by atoms with Gasteiger partial charge in [-0.25, -0.2) is 14.8 Å². The second kappa shape index (κ2) is 9.83. The molecule has 2 aliphatic rings. The van der Waals surface area contributed by atoms with E-state index in [1.807, 2.05) is 6.20 Å². The molecule has 168 valence electrons. The number of oxazole rings is 1. The Bertz CT molecular complexity index is 1080. The Hall–Kier alpha value is -2.72. The lowest BCUT2D eigenvalue weighted by molar-refractivity contribution is 0.174. The first-order valence-electron chi connectivity index (χ1n) is 10.7. The van der Waals surface area contributed by atoms with Crippen LogP contribution in [0, 0.1) is 5.92 Å². The smallest absolute Gasteiger partial charge is 0.325 e. The molecule has 1 fully saturated rings. The van der Waals surface area contributed by atoms with Crippen LogP contribution < -0.4 is 20.1 Å². The first kappa shape index (κ1) is 21.1. The summed E-state index contributed by atoms with van der Waals surface area (Å²) in [5, 5.41) is 6.06. The van der Waals surface area contributed by atoms with Gasteiger partial charge in [0.05, 0.1) is 22.4 Å². The van der Waals surface area contributed by atoms with E-state index < -0.39 is 0 Å². The third-order valence-corrected chi connectivity index (χ3v) is 7.58. The normalized spacial score (nSPS) is 15.6. The molecule has 5 rings (SSSR count). The lowest BCUT2D eigenvalue weighted by Gasteiger charge is -2.19. The first-order valence-corrected chi connectivity index (χ1v) is 12.5. The average molecular weight is 473 g/mol. The molecule has 0 saturated heterocycles. The highest BCUT2D eigenvalue weighted by Crippen LogP contribution is 2.35. The van der Waals surface area contributed by atoms with E-state index in [4.69, 9.17) is 13.9 Å². The molecule has 2 N–H and O–H groups in total. The maximum absolute atomic E-state index is 12.3. The lowest BCUT2D eigenvalue weighted by Crippen LogP contribution is -2.19. The Kier molecular flexibility index (Phi) is 6.49. The maximum Gasteiger partial charge on any atom is 0.325 e. The van der Waals surface area contributed by atoms with Crippen molar-refractivity contribution in [3.05, 3.63) is 42.2 Å². The molecular formula is C22H24N4O4S2. The van der Waals surface area contributed by atoms with Gasteiger partial charge in [-0.15, -0.1) is 11.8 Å². The monoisotopic (exact) mass is 472 g/mol. The van der Waals surface area contributed by atoms with Gasteiger partial charge in [0.1, 0.15) is 5.76 Å². The van der Waals surface area contributed by atoms with Crippen LogP contribution >= 0.6 is 23.1 Å². The van der Waals surface area contributed by atoms with Crippen molar-refractivity contribution < 1.29 is 18.7 Å². The quantitative estimate of drug-likeness (QED) is 0.412. The Morgan fingerprint density at radius 3 is 2.88 bits per heavy atom. The number of aromatic nitrogens is 2. The Morgan fingerprint density at radius 1 is 1.09 bits per heavy atom. The largest absolute Gasteiger partial charge is 0.454 e. The third-order valence-electron chi connectivity index (χ3n) is 5.49. The van der Waals surface area contributed by atoms with Crippen molar-refractivity contribution in [2.24, 2.45) is 5.92 Å². The van der Waals surface area contributed by atoms with Crippen molar-refractivity contribution in [1.82, 2.24) is 9.97 Å². The molecule has 1 aliphatic carbocycles. The van der Waals surface area contributed by atoms with E-state index >= 15 is 0 Å². The minimum atomic E-state index is -0.366. The van der Waals surface area contributed by atoms with Gasteiger partial charge in [0.25, 0.3) is 0 Å². The minimum absolute atomic E-state index is 0.194. The molecule has 32 heavy (non-hydrogen) atoms. The summed E-state index contributed by atoms with van der Waals surface area (Å²) in [4.78, 5) is 21.0. The summed E-state index contributed by atoms with van der Waals surface area (Å²) in [7, 11) is 0. The summed E-state index contributed by atoms with van der Waals surface area (Å²) in [6.07, 6.45) is 11.2. The van der Waals surface area contributed by atoms with Crippen molar-refractivity contribution in [2.75, 3.05) is 17.4 Å². The molecule has 0 spiro atoms. The van der Waals surface area contributed by atoms with Crippen LogP contribution in [0.25, 0.3) is 0 Å². The van der Waals surface area contributed by atoms with Gasteiger partial charge in [-0.05, 0) is 18.1 Å². The zero-order chi connectivity index (χ0) is 21.8. The molecule has 1 aliphatic heterocycles.